The lowest BCUT2D eigenvalue weighted by Crippen LogP contribution is -2.56. The molecule has 0 spiro atoms. The number of nitrogens with zero attached hydrogens (tertiary/aromatic N) is 3. The van der Waals surface area contributed by atoms with E-state index in [2.05, 4.69) is 0 Å². The second-order valence-corrected chi connectivity index (χ2v) is 8.01. The molecule has 0 aromatic heterocycles. The van der Waals surface area contributed by atoms with E-state index in [4.69, 9.17) is 4.74 Å². The molecule has 0 heterocycles. The number of rotatable bonds is 3. The van der Waals surface area contributed by atoms with Gasteiger partial charge in [0.1, 0.15) is 5.75 Å². The summed E-state index contributed by atoms with van der Waals surface area (Å²) in [6, 6.07) is 10.5. The van der Waals surface area contributed by atoms with Crippen molar-refractivity contribution in [3.05, 3.63) is 64.2 Å². The third kappa shape index (κ3) is 4.57. The van der Waals surface area contributed by atoms with Crippen LogP contribution in [0, 0.1) is 32.2 Å². The summed E-state index contributed by atoms with van der Waals surface area (Å²) in [7, 11) is 1.52. The summed E-state index contributed by atoms with van der Waals surface area (Å²) in [6.45, 7) is 10.9. The van der Waals surface area contributed by atoms with Crippen LogP contribution in [0.15, 0.2) is 36.4 Å². The zero-order valence-corrected chi connectivity index (χ0v) is 18.0. The molecule has 0 aliphatic heterocycles. The van der Waals surface area contributed by atoms with E-state index >= 15 is 0 Å². The summed E-state index contributed by atoms with van der Waals surface area (Å²) in [5, 5.41) is 11.9. The SMILES string of the molecule is COc1cccc(C(=O)N(C#N)N(C(=O)c2cc(C)cc(C)c2)C(C)(C)C)c1C. The van der Waals surface area contributed by atoms with Crippen LogP contribution in [0.4, 0.5) is 0 Å². The standard InChI is InChI=1S/C23H27N3O3/c1-15-11-16(2)13-18(12-15)21(27)26(23(4,5)6)25(14-24)22(28)19-9-8-10-20(29-7)17(19)3/h8-13H,1-7H3. The number of methoxy groups -OCH3 is 1. The Balaban J connectivity index is 2.57. The molecule has 152 valence electrons. The maximum Gasteiger partial charge on any atom is 0.286 e. The number of hydrazine groups is 1. The van der Waals surface area contributed by atoms with Gasteiger partial charge in [-0.25, -0.2) is 5.01 Å². The van der Waals surface area contributed by atoms with Crippen LogP contribution in [0.2, 0.25) is 0 Å². The zero-order valence-electron chi connectivity index (χ0n) is 18.0. The Bertz CT molecular complexity index is 964. The van der Waals surface area contributed by atoms with Crippen LogP contribution < -0.4 is 4.74 Å². The van der Waals surface area contributed by atoms with E-state index < -0.39 is 17.4 Å². The molecule has 0 aliphatic rings. The maximum atomic E-state index is 13.4. The molecular formula is C23H27N3O3. The predicted molar refractivity (Wildman–Crippen MR) is 111 cm³/mol. The number of hydrogen-bond acceptors (Lipinski definition) is 4. The van der Waals surface area contributed by atoms with Gasteiger partial charge in [0, 0.05) is 16.7 Å². The third-order valence-corrected chi connectivity index (χ3v) is 4.52. The first kappa shape index (κ1) is 22.0. The summed E-state index contributed by atoms with van der Waals surface area (Å²) < 4.78 is 5.29. The highest BCUT2D eigenvalue weighted by Crippen LogP contribution is 2.26. The van der Waals surface area contributed by atoms with Crippen molar-refractivity contribution in [1.82, 2.24) is 10.0 Å². The van der Waals surface area contributed by atoms with Gasteiger partial charge >= 0.3 is 0 Å². The molecule has 0 fully saturated rings. The molecule has 2 aromatic rings. The van der Waals surface area contributed by atoms with Gasteiger partial charge in [-0.1, -0.05) is 23.3 Å². The fourth-order valence-electron chi connectivity index (χ4n) is 3.28. The first-order chi connectivity index (χ1) is 13.5. The molecule has 0 saturated heterocycles. The lowest BCUT2D eigenvalue weighted by Gasteiger charge is -2.39. The van der Waals surface area contributed by atoms with E-state index in [0.717, 1.165) is 16.1 Å². The smallest absolute Gasteiger partial charge is 0.286 e. The minimum absolute atomic E-state index is 0.299. The number of carbonyl (C=O) groups is 2. The van der Waals surface area contributed by atoms with Crippen molar-refractivity contribution in [2.75, 3.05) is 7.11 Å². The molecule has 2 aromatic carbocycles. The lowest BCUT2D eigenvalue weighted by molar-refractivity contribution is -0.0167. The molecule has 0 unspecified atom stereocenters. The average Bonchev–Trinajstić information content (AvgIpc) is 2.63. The molecule has 2 amide bonds. The number of nitriles is 1. The largest absolute Gasteiger partial charge is 0.496 e. The van der Waals surface area contributed by atoms with Crippen molar-refractivity contribution in [1.29, 1.82) is 5.26 Å². The Morgan fingerprint density at radius 2 is 1.59 bits per heavy atom. The van der Waals surface area contributed by atoms with Crippen LogP contribution in [0.25, 0.3) is 0 Å². The van der Waals surface area contributed by atoms with Gasteiger partial charge in [-0.05, 0) is 65.8 Å². The Labute approximate surface area is 172 Å². The number of hydrogen-bond donors (Lipinski definition) is 0. The highest BCUT2D eigenvalue weighted by molar-refractivity contribution is 6.01. The maximum absolute atomic E-state index is 13.4. The molecular weight excluding hydrogens is 366 g/mol. The van der Waals surface area contributed by atoms with Crippen molar-refractivity contribution in [2.45, 2.75) is 47.1 Å². The van der Waals surface area contributed by atoms with Gasteiger partial charge in [0.25, 0.3) is 11.8 Å². The average molecular weight is 393 g/mol. The van der Waals surface area contributed by atoms with Gasteiger partial charge in [-0.15, -0.1) is 5.01 Å². The highest BCUT2D eigenvalue weighted by Gasteiger charge is 2.37. The number of amides is 2. The first-order valence-electron chi connectivity index (χ1n) is 9.31. The van der Waals surface area contributed by atoms with Crippen LogP contribution in [-0.4, -0.2) is 34.5 Å². The lowest BCUT2D eigenvalue weighted by atomic mass is 10.0. The molecule has 0 saturated carbocycles. The Kier molecular flexibility index (Phi) is 6.33. The number of aryl methyl sites for hydroxylation is 2. The van der Waals surface area contributed by atoms with Gasteiger partial charge in [-0.2, -0.15) is 5.26 Å². The number of carbonyl (C=O) groups excluding carboxylic acids is 2. The zero-order chi connectivity index (χ0) is 21.9. The summed E-state index contributed by atoms with van der Waals surface area (Å²) in [4.78, 5) is 26.7. The van der Waals surface area contributed by atoms with Crippen LogP contribution >= 0.6 is 0 Å². The van der Waals surface area contributed by atoms with E-state index in [0.29, 0.717) is 22.4 Å². The van der Waals surface area contributed by atoms with Crippen LogP contribution in [0.3, 0.4) is 0 Å². The fourth-order valence-corrected chi connectivity index (χ4v) is 3.28. The van der Waals surface area contributed by atoms with E-state index in [9.17, 15) is 14.9 Å². The van der Waals surface area contributed by atoms with Crippen molar-refractivity contribution in [3.8, 4) is 11.9 Å². The topological polar surface area (TPSA) is 73.6 Å². The van der Waals surface area contributed by atoms with Crippen molar-refractivity contribution >= 4 is 11.8 Å². The minimum Gasteiger partial charge on any atom is -0.496 e. The monoisotopic (exact) mass is 393 g/mol. The molecule has 0 N–H and O–H groups in total. The molecule has 6 heteroatoms. The Morgan fingerprint density at radius 3 is 2.07 bits per heavy atom. The summed E-state index contributed by atoms with van der Waals surface area (Å²) >= 11 is 0. The third-order valence-electron chi connectivity index (χ3n) is 4.52. The van der Waals surface area contributed by atoms with Crippen molar-refractivity contribution in [3.63, 3.8) is 0 Å². The first-order valence-corrected chi connectivity index (χ1v) is 9.31. The summed E-state index contributed by atoms with van der Waals surface area (Å²) in [5.74, 6) is -0.465. The molecule has 0 bridgehead atoms. The van der Waals surface area contributed by atoms with Gasteiger partial charge < -0.3 is 4.74 Å². The molecule has 2 rings (SSSR count). The van der Waals surface area contributed by atoms with Gasteiger partial charge in [0.2, 0.25) is 6.19 Å². The molecule has 0 atom stereocenters. The van der Waals surface area contributed by atoms with Gasteiger partial charge in [-0.3, -0.25) is 9.59 Å². The fraction of sp³-hybridized carbons (Fsp3) is 0.348. The molecule has 0 radical (unpaired) electrons. The van der Waals surface area contributed by atoms with E-state index in [1.807, 2.05) is 26.1 Å². The van der Waals surface area contributed by atoms with Crippen LogP contribution in [0.5, 0.6) is 5.75 Å². The van der Waals surface area contributed by atoms with E-state index in [-0.39, 0.29) is 0 Å². The quantitative estimate of drug-likeness (QED) is 0.440. The Morgan fingerprint density at radius 1 is 1.00 bits per heavy atom. The second-order valence-electron chi connectivity index (χ2n) is 8.01. The van der Waals surface area contributed by atoms with Gasteiger partial charge in [0.15, 0.2) is 0 Å². The normalized spacial score (nSPS) is 10.8. The van der Waals surface area contributed by atoms with E-state index in [1.54, 1.807) is 58.0 Å². The highest BCUT2D eigenvalue weighted by atomic mass is 16.5. The number of ether oxygens (including phenoxy) is 1. The van der Waals surface area contributed by atoms with Gasteiger partial charge in [0.05, 0.1) is 12.6 Å². The summed E-state index contributed by atoms with van der Waals surface area (Å²) in [5.41, 5.74) is 2.38. The number of benzene rings is 2. The summed E-state index contributed by atoms with van der Waals surface area (Å²) in [6.07, 6.45) is 1.90. The van der Waals surface area contributed by atoms with Crippen molar-refractivity contribution < 1.29 is 14.3 Å². The minimum atomic E-state index is -0.813. The second kappa shape index (κ2) is 8.36. The van der Waals surface area contributed by atoms with Crippen molar-refractivity contribution in [2.24, 2.45) is 0 Å². The Hall–Kier alpha value is -3.33. The van der Waals surface area contributed by atoms with Crippen LogP contribution in [-0.2, 0) is 0 Å². The molecule has 6 nitrogen and oxygen atoms in total. The molecule has 29 heavy (non-hydrogen) atoms. The molecule has 0 aliphatic carbocycles. The van der Waals surface area contributed by atoms with E-state index in [1.165, 1.54) is 12.1 Å². The predicted octanol–water partition coefficient (Wildman–Crippen LogP) is 4.40. The van der Waals surface area contributed by atoms with Crippen LogP contribution in [0.1, 0.15) is 58.2 Å².